The van der Waals surface area contributed by atoms with Crippen molar-refractivity contribution in [3.8, 4) is 0 Å². The number of carboxylic acid groups (broad SMARTS) is 1. The van der Waals surface area contributed by atoms with E-state index in [9.17, 15) is 4.79 Å². The molecule has 2 unspecified atom stereocenters. The maximum Gasteiger partial charge on any atom is 0.307 e. The molecule has 0 spiro atoms. The minimum Gasteiger partial charge on any atom is -0.481 e. The van der Waals surface area contributed by atoms with Crippen molar-refractivity contribution >= 4 is 18.6 Å². The summed E-state index contributed by atoms with van der Waals surface area (Å²) in [7, 11) is 0. The molecule has 0 aromatic heterocycles. The molecule has 1 aliphatic heterocycles. The van der Waals surface area contributed by atoms with Gasteiger partial charge in [-0.15, -0.1) is 0 Å². The summed E-state index contributed by atoms with van der Waals surface area (Å²) in [5.41, 5.74) is 0. The normalized spacial score (nSPS) is 26.2. The summed E-state index contributed by atoms with van der Waals surface area (Å²) in [5.74, 6) is -0.204. The van der Waals surface area contributed by atoms with E-state index in [4.69, 9.17) is 5.11 Å². The van der Waals surface area contributed by atoms with Crippen LogP contribution in [0.2, 0.25) is 0 Å². The first kappa shape index (κ1) is 10.9. The van der Waals surface area contributed by atoms with Crippen molar-refractivity contribution in [1.82, 2.24) is 4.90 Å². The van der Waals surface area contributed by atoms with Crippen LogP contribution >= 0.6 is 12.6 Å². The Morgan fingerprint density at radius 2 is 2.46 bits per heavy atom. The van der Waals surface area contributed by atoms with Crippen LogP contribution in [0.4, 0.5) is 0 Å². The highest BCUT2D eigenvalue weighted by atomic mass is 32.1. The Balaban J connectivity index is 2.48. The van der Waals surface area contributed by atoms with Gasteiger partial charge in [0.05, 0.1) is 5.92 Å². The van der Waals surface area contributed by atoms with E-state index in [1.807, 2.05) is 0 Å². The first-order chi connectivity index (χ1) is 6.19. The number of carbonyl (C=O) groups is 1. The first-order valence-corrected chi connectivity index (χ1v) is 5.38. The number of hydrogen-bond acceptors (Lipinski definition) is 3. The van der Waals surface area contributed by atoms with Gasteiger partial charge in [0, 0.05) is 12.3 Å². The quantitative estimate of drug-likeness (QED) is 0.669. The highest BCUT2D eigenvalue weighted by Crippen LogP contribution is 2.25. The number of hydrogen-bond donors (Lipinski definition) is 2. The second-order valence-corrected chi connectivity index (χ2v) is 3.93. The SMILES string of the molecule is CCN1CCC(C(CS)C(=O)O)C1. The summed E-state index contributed by atoms with van der Waals surface area (Å²) in [5, 5.41) is 8.93. The van der Waals surface area contributed by atoms with Crippen LogP contribution in [0.5, 0.6) is 0 Å². The molecule has 0 bridgehead atoms. The van der Waals surface area contributed by atoms with Crippen molar-refractivity contribution < 1.29 is 9.90 Å². The standard InChI is InChI=1S/C9H17NO2S/c1-2-10-4-3-7(5-10)8(6-13)9(11)12/h7-8,13H,2-6H2,1H3,(H,11,12). The van der Waals surface area contributed by atoms with E-state index >= 15 is 0 Å². The van der Waals surface area contributed by atoms with Crippen molar-refractivity contribution in [3.05, 3.63) is 0 Å². The van der Waals surface area contributed by atoms with Gasteiger partial charge in [-0.25, -0.2) is 0 Å². The molecule has 1 N–H and O–H groups in total. The van der Waals surface area contributed by atoms with Gasteiger partial charge in [0.25, 0.3) is 0 Å². The summed E-state index contributed by atoms with van der Waals surface area (Å²) in [6.45, 7) is 5.10. The third-order valence-electron chi connectivity index (χ3n) is 2.84. The summed E-state index contributed by atoms with van der Waals surface area (Å²) in [6, 6.07) is 0. The average molecular weight is 203 g/mol. The third-order valence-corrected chi connectivity index (χ3v) is 3.23. The van der Waals surface area contributed by atoms with Crippen molar-refractivity contribution in [2.24, 2.45) is 11.8 Å². The zero-order valence-corrected chi connectivity index (χ0v) is 8.83. The molecule has 0 aromatic rings. The maximum atomic E-state index is 10.8. The van der Waals surface area contributed by atoms with Crippen LogP contribution in [0, 0.1) is 11.8 Å². The zero-order valence-electron chi connectivity index (χ0n) is 7.94. The molecule has 2 atom stereocenters. The Morgan fingerprint density at radius 1 is 1.77 bits per heavy atom. The van der Waals surface area contributed by atoms with Gasteiger partial charge in [-0.3, -0.25) is 4.79 Å². The molecule has 76 valence electrons. The lowest BCUT2D eigenvalue weighted by Gasteiger charge is -2.17. The fourth-order valence-electron chi connectivity index (χ4n) is 1.91. The second-order valence-electron chi connectivity index (χ2n) is 3.57. The number of rotatable bonds is 4. The summed E-state index contributed by atoms with van der Waals surface area (Å²) in [6.07, 6.45) is 1.01. The van der Waals surface area contributed by atoms with Crippen molar-refractivity contribution in [3.63, 3.8) is 0 Å². The van der Waals surface area contributed by atoms with Gasteiger partial charge in [0.1, 0.15) is 0 Å². The topological polar surface area (TPSA) is 40.5 Å². The molecular weight excluding hydrogens is 186 g/mol. The molecule has 1 heterocycles. The lowest BCUT2D eigenvalue weighted by Crippen LogP contribution is -2.28. The van der Waals surface area contributed by atoms with Crippen molar-refractivity contribution in [2.45, 2.75) is 13.3 Å². The highest BCUT2D eigenvalue weighted by molar-refractivity contribution is 7.80. The predicted molar refractivity (Wildman–Crippen MR) is 55.2 cm³/mol. The van der Waals surface area contributed by atoms with Gasteiger partial charge in [0.15, 0.2) is 0 Å². The van der Waals surface area contributed by atoms with Crippen LogP contribution in [-0.2, 0) is 4.79 Å². The molecule has 1 fully saturated rings. The third kappa shape index (κ3) is 2.61. The summed E-state index contributed by atoms with van der Waals surface area (Å²) >= 11 is 4.09. The van der Waals surface area contributed by atoms with Crippen LogP contribution in [0.25, 0.3) is 0 Å². The van der Waals surface area contributed by atoms with Gasteiger partial charge >= 0.3 is 5.97 Å². The molecule has 13 heavy (non-hydrogen) atoms. The molecular formula is C9H17NO2S. The first-order valence-electron chi connectivity index (χ1n) is 4.75. The van der Waals surface area contributed by atoms with Gasteiger partial charge in [0.2, 0.25) is 0 Å². The van der Waals surface area contributed by atoms with E-state index in [1.54, 1.807) is 0 Å². The van der Waals surface area contributed by atoms with E-state index in [2.05, 4.69) is 24.5 Å². The fourth-order valence-corrected chi connectivity index (χ4v) is 2.36. The van der Waals surface area contributed by atoms with Crippen LogP contribution in [0.3, 0.4) is 0 Å². The minimum atomic E-state index is -0.696. The largest absolute Gasteiger partial charge is 0.481 e. The molecule has 1 aliphatic rings. The minimum absolute atomic E-state index is 0.264. The second kappa shape index (κ2) is 4.86. The molecule has 1 saturated heterocycles. The number of likely N-dealkylation sites (tertiary alicyclic amines) is 1. The Bertz CT molecular complexity index is 186. The van der Waals surface area contributed by atoms with Crippen molar-refractivity contribution in [1.29, 1.82) is 0 Å². The molecule has 4 heteroatoms. The van der Waals surface area contributed by atoms with Crippen LogP contribution in [-0.4, -0.2) is 41.4 Å². The lowest BCUT2D eigenvalue weighted by atomic mass is 9.93. The Hall–Kier alpha value is -0.220. The molecule has 0 aromatic carbocycles. The van der Waals surface area contributed by atoms with E-state index in [0.29, 0.717) is 11.7 Å². The van der Waals surface area contributed by atoms with E-state index in [1.165, 1.54) is 0 Å². The smallest absolute Gasteiger partial charge is 0.307 e. The number of thiol groups is 1. The van der Waals surface area contributed by atoms with E-state index in [0.717, 1.165) is 26.1 Å². The van der Waals surface area contributed by atoms with Crippen LogP contribution in [0.1, 0.15) is 13.3 Å². The molecule has 0 amide bonds. The lowest BCUT2D eigenvalue weighted by molar-refractivity contribution is -0.142. The fraction of sp³-hybridized carbons (Fsp3) is 0.889. The average Bonchev–Trinajstić information content (AvgIpc) is 2.53. The Morgan fingerprint density at radius 3 is 2.85 bits per heavy atom. The van der Waals surface area contributed by atoms with Crippen LogP contribution < -0.4 is 0 Å². The molecule has 3 nitrogen and oxygen atoms in total. The molecule has 0 saturated carbocycles. The van der Waals surface area contributed by atoms with Gasteiger partial charge in [-0.2, -0.15) is 12.6 Å². The maximum absolute atomic E-state index is 10.8. The summed E-state index contributed by atoms with van der Waals surface area (Å²) in [4.78, 5) is 13.1. The Kier molecular flexibility index (Phi) is 4.06. The van der Waals surface area contributed by atoms with Gasteiger partial charge in [-0.05, 0) is 25.4 Å². The van der Waals surface area contributed by atoms with Gasteiger partial charge in [-0.1, -0.05) is 6.92 Å². The summed E-state index contributed by atoms with van der Waals surface area (Å²) < 4.78 is 0. The van der Waals surface area contributed by atoms with E-state index < -0.39 is 5.97 Å². The van der Waals surface area contributed by atoms with Gasteiger partial charge < -0.3 is 10.0 Å². The van der Waals surface area contributed by atoms with E-state index in [-0.39, 0.29) is 5.92 Å². The highest BCUT2D eigenvalue weighted by Gasteiger charge is 2.32. The Labute approximate surface area is 84.5 Å². The van der Waals surface area contributed by atoms with Crippen molar-refractivity contribution in [2.75, 3.05) is 25.4 Å². The zero-order chi connectivity index (χ0) is 9.84. The number of carboxylic acids is 1. The molecule has 1 rings (SSSR count). The molecule has 0 radical (unpaired) electrons. The number of nitrogens with zero attached hydrogens (tertiary/aromatic N) is 1. The molecule has 0 aliphatic carbocycles. The monoisotopic (exact) mass is 203 g/mol. The predicted octanol–water partition coefficient (Wildman–Crippen LogP) is 0.959. The number of aliphatic carboxylic acids is 1. The van der Waals surface area contributed by atoms with Crippen LogP contribution in [0.15, 0.2) is 0 Å².